The van der Waals surface area contributed by atoms with E-state index in [0.29, 0.717) is 0 Å². The second-order valence-corrected chi connectivity index (χ2v) is 5.72. The van der Waals surface area contributed by atoms with Gasteiger partial charge in [-0.25, -0.2) is 0 Å². The second-order valence-electron chi connectivity index (χ2n) is 5.72. The van der Waals surface area contributed by atoms with Gasteiger partial charge >= 0.3 is 0 Å². The van der Waals surface area contributed by atoms with Gasteiger partial charge < -0.3 is 14.8 Å². The number of ether oxygens (including phenoxy) is 2. The molecule has 0 radical (unpaired) electrons. The molecule has 3 nitrogen and oxygen atoms in total. The summed E-state index contributed by atoms with van der Waals surface area (Å²) in [6.07, 6.45) is 1.26. The maximum absolute atomic E-state index is 5.85. The van der Waals surface area contributed by atoms with Gasteiger partial charge in [0.05, 0.1) is 12.2 Å². The van der Waals surface area contributed by atoms with Crippen LogP contribution in [0.1, 0.15) is 26.3 Å². The van der Waals surface area contributed by atoms with E-state index in [0.717, 1.165) is 31.9 Å². The minimum atomic E-state index is -0.0538. The van der Waals surface area contributed by atoms with Crippen molar-refractivity contribution in [2.45, 2.75) is 38.9 Å². The molecule has 1 aromatic carbocycles. The predicted octanol–water partition coefficient (Wildman–Crippen LogP) is 2.39. The standard InChI is InChI=1S/C15H23NO2/c1-15(2,3)17-9-8-16-11-13-10-12-6-4-5-7-14(12)18-13/h4-7,13,16H,8-11H2,1-3H3. The maximum Gasteiger partial charge on any atom is 0.123 e. The van der Waals surface area contributed by atoms with Gasteiger partial charge in [0.1, 0.15) is 11.9 Å². The highest BCUT2D eigenvalue weighted by Crippen LogP contribution is 2.27. The fourth-order valence-electron chi connectivity index (χ4n) is 2.06. The molecule has 1 aliphatic heterocycles. The van der Waals surface area contributed by atoms with Crippen molar-refractivity contribution in [2.75, 3.05) is 19.7 Å². The number of hydrogen-bond donors (Lipinski definition) is 1. The van der Waals surface area contributed by atoms with Crippen molar-refractivity contribution in [3.8, 4) is 5.75 Å². The first-order chi connectivity index (χ1) is 8.54. The molecular formula is C15H23NO2. The van der Waals surface area contributed by atoms with Crippen molar-refractivity contribution >= 4 is 0 Å². The molecule has 0 amide bonds. The van der Waals surface area contributed by atoms with E-state index in [1.54, 1.807) is 0 Å². The lowest BCUT2D eigenvalue weighted by Crippen LogP contribution is -2.33. The number of para-hydroxylation sites is 1. The summed E-state index contributed by atoms with van der Waals surface area (Å²) in [6.45, 7) is 8.70. The molecule has 1 atom stereocenters. The molecule has 0 aromatic heterocycles. The Morgan fingerprint density at radius 2 is 2.11 bits per heavy atom. The maximum atomic E-state index is 5.85. The summed E-state index contributed by atoms with van der Waals surface area (Å²) in [4.78, 5) is 0. The van der Waals surface area contributed by atoms with Crippen LogP contribution in [0.25, 0.3) is 0 Å². The average molecular weight is 249 g/mol. The lowest BCUT2D eigenvalue weighted by atomic mass is 10.1. The van der Waals surface area contributed by atoms with Gasteiger partial charge in [0.2, 0.25) is 0 Å². The molecule has 0 fully saturated rings. The van der Waals surface area contributed by atoms with Crippen LogP contribution in [-0.4, -0.2) is 31.4 Å². The zero-order chi connectivity index (χ0) is 13.0. The van der Waals surface area contributed by atoms with Gasteiger partial charge in [-0.05, 0) is 32.4 Å². The van der Waals surface area contributed by atoms with Gasteiger partial charge in [0.15, 0.2) is 0 Å². The first kappa shape index (κ1) is 13.4. The van der Waals surface area contributed by atoms with Crippen LogP contribution in [-0.2, 0) is 11.2 Å². The Bertz CT molecular complexity index is 359. The summed E-state index contributed by atoms with van der Waals surface area (Å²) in [6, 6.07) is 8.26. The largest absolute Gasteiger partial charge is 0.488 e. The van der Waals surface area contributed by atoms with Crippen LogP contribution in [0.3, 0.4) is 0 Å². The van der Waals surface area contributed by atoms with Crippen LogP contribution in [0, 0.1) is 0 Å². The summed E-state index contributed by atoms with van der Waals surface area (Å²) in [5.74, 6) is 1.04. The van der Waals surface area contributed by atoms with E-state index in [2.05, 4.69) is 38.2 Å². The highest BCUT2D eigenvalue weighted by molar-refractivity contribution is 5.37. The van der Waals surface area contributed by atoms with Crippen LogP contribution in [0.15, 0.2) is 24.3 Å². The van der Waals surface area contributed by atoms with Crippen LogP contribution < -0.4 is 10.1 Å². The van der Waals surface area contributed by atoms with Gasteiger partial charge in [0, 0.05) is 19.5 Å². The molecule has 100 valence electrons. The van der Waals surface area contributed by atoms with Crippen molar-refractivity contribution in [1.82, 2.24) is 5.32 Å². The molecule has 3 heteroatoms. The Kier molecular flexibility index (Phi) is 4.25. The lowest BCUT2D eigenvalue weighted by molar-refractivity contribution is -0.00127. The minimum absolute atomic E-state index is 0.0538. The van der Waals surface area contributed by atoms with Gasteiger partial charge in [0.25, 0.3) is 0 Å². The third-order valence-corrected chi connectivity index (χ3v) is 2.90. The van der Waals surface area contributed by atoms with E-state index in [1.807, 2.05) is 12.1 Å². The van der Waals surface area contributed by atoms with E-state index < -0.39 is 0 Å². The van der Waals surface area contributed by atoms with E-state index in [9.17, 15) is 0 Å². The third-order valence-electron chi connectivity index (χ3n) is 2.90. The number of fused-ring (bicyclic) bond motifs is 1. The lowest BCUT2D eigenvalue weighted by Gasteiger charge is -2.20. The van der Waals surface area contributed by atoms with Crippen LogP contribution in [0.5, 0.6) is 5.75 Å². The average Bonchev–Trinajstić information content (AvgIpc) is 2.69. The number of hydrogen-bond acceptors (Lipinski definition) is 3. The summed E-state index contributed by atoms with van der Waals surface area (Å²) in [5.41, 5.74) is 1.26. The number of rotatable bonds is 5. The van der Waals surface area contributed by atoms with Crippen molar-refractivity contribution in [1.29, 1.82) is 0 Å². The fraction of sp³-hybridized carbons (Fsp3) is 0.600. The van der Waals surface area contributed by atoms with Gasteiger partial charge in [-0.15, -0.1) is 0 Å². The monoisotopic (exact) mass is 249 g/mol. The van der Waals surface area contributed by atoms with Crippen molar-refractivity contribution in [3.63, 3.8) is 0 Å². The Labute approximate surface area is 109 Å². The molecule has 2 rings (SSSR count). The van der Waals surface area contributed by atoms with Gasteiger partial charge in [-0.3, -0.25) is 0 Å². The van der Waals surface area contributed by atoms with E-state index in [1.165, 1.54) is 5.56 Å². The smallest absolute Gasteiger partial charge is 0.123 e. The topological polar surface area (TPSA) is 30.5 Å². The van der Waals surface area contributed by atoms with E-state index in [4.69, 9.17) is 9.47 Å². The first-order valence-electron chi connectivity index (χ1n) is 6.64. The molecule has 0 bridgehead atoms. The van der Waals surface area contributed by atoms with Crippen LogP contribution in [0.4, 0.5) is 0 Å². The molecule has 0 spiro atoms. The van der Waals surface area contributed by atoms with E-state index >= 15 is 0 Å². The Morgan fingerprint density at radius 1 is 1.33 bits per heavy atom. The molecule has 18 heavy (non-hydrogen) atoms. The minimum Gasteiger partial charge on any atom is -0.488 e. The van der Waals surface area contributed by atoms with Crippen LogP contribution >= 0.6 is 0 Å². The van der Waals surface area contributed by atoms with Crippen LogP contribution in [0.2, 0.25) is 0 Å². The summed E-state index contributed by atoms with van der Waals surface area (Å²) >= 11 is 0. The SMILES string of the molecule is CC(C)(C)OCCNCC1Cc2ccccc2O1. The number of benzene rings is 1. The molecule has 0 saturated heterocycles. The zero-order valence-electron chi connectivity index (χ0n) is 11.5. The molecule has 1 heterocycles. The second kappa shape index (κ2) is 5.72. The van der Waals surface area contributed by atoms with Crippen molar-refractivity contribution in [2.24, 2.45) is 0 Å². The highest BCUT2D eigenvalue weighted by Gasteiger charge is 2.21. The molecule has 1 aromatic rings. The summed E-state index contributed by atoms with van der Waals surface area (Å²) in [5, 5.41) is 3.38. The molecule has 1 unspecified atom stereocenters. The Morgan fingerprint density at radius 3 is 2.83 bits per heavy atom. The van der Waals surface area contributed by atoms with Crippen molar-refractivity contribution < 1.29 is 9.47 Å². The molecule has 0 saturated carbocycles. The van der Waals surface area contributed by atoms with Gasteiger partial charge in [-0.2, -0.15) is 0 Å². The quantitative estimate of drug-likeness (QED) is 0.813. The summed E-state index contributed by atoms with van der Waals surface area (Å²) < 4.78 is 11.5. The Hall–Kier alpha value is -1.06. The fourth-order valence-corrected chi connectivity index (χ4v) is 2.06. The zero-order valence-corrected chi connectivity index (χ0v) is 11.5. The Balaban J connectivity index is 1.63. The first-order valence-corrected chi connectivity index (χ1v) is 6.64. The molecular weight excluding hydrogens is 226 g/mol. The predicted molar refractivity (Wildman–Crippen MR) is 73.1 cm³/mol. The molecule has 1 aliphatic rings. The number of nitrogens with one attached hydrogen (secondary N) is 1. The van der Waals surface area contributed by atoms with Gasteiger partial charge in [-0.1, -0.05) is 18.2 Å². The third kappa shape index (κ3) is 4.00. The van der Waals surface area contributed by atoms with E-state index in [-0.39, 0.29) is 11.7 Å². The normalized spacial score (nSPS) is 18.5. The van der Waals surface area contributed by atoms with Crippen molar-refractivity contribution in [3.05, 3.63) is 29.8 Å². The molecule has 0 aliphatic carbocycles. The summed E-state index contributed by atoms with van der Waals surface area (Å²) in [7, 11) is 0. The highest BCUT2D eigenvalue weighted by atomic mass is 16.5. The molecule has 1 N–H and O–H groups in total.